The number of hydrogen-bond donors (Lipinski definition) is 2. The Hall–Kier alpha value is -0.850. The smallest absolute Gasteiger partial charge is 0.410 e. The van der Waals surface area contributed by atoms with Crippen LogP contribution in [0.5, 0.6) is 0 Å². The average molecular weight is 297 g/mol. The number of fused-ring (bicyclic) bond motifs is 1. The van der Waals surface area contributed by atoms with Crippen LogP contribution < -0.4 is 5.32 Å². The number of rotatable bonds is 3. The Kier molecular flexibility index (Phi) is 4.38. The maximum atomic E-state index is 12.2. The van der Waals surface area contributed by atoms with E-state index in [1.807, 2.05) is 11.8 Å². The molecule has 3 rings (SSSR count). The van der Waals surface area contributed by atoms with Crippen molar-refractivity contribution in [3.63, 3.8) is 0 Å². The fourth-order valence-corrected chi connectivity index (χ4v) is 4.17. The van der Waals surface area contributed by atoms with Crippen LogP contribution >= 0.6 is 0 Å². The topological polar surface area (TPSA) is 65.0 Å². The molecule has 3 aliphatic rings. The lowest BCUT2D eigenvalue weighted by atomic mass is 9.95. The molecule has 3 atom stereocenters. The van der Waals surface area contributed by atoms with Crippen molar-refractivity contribution in [2.24, 2.45) is 0 Å². The van der Waals surface area contributed by atoms with E-state index >= 15 is 0 Å². The van der Waals surface area contributed by atoms with E-state index in [9.17, 15) is 9.90 Å². The standard InChI is InChI=1S/C15H27N3O3/c1-12-9-16-6-8-17(12)14(20)21-10-13-3-5-15(11-19)4-2-7-18(13)15/h12-13,16,19H,2-11H2,1H3. The molecule has 0 bridgehead atoms. The first-order chi connectivity index (χ1) is 10.2. The number of nitrogens with zero attached hydrogens (tertiary/aromatic N) is 2. The second-order valence-electron chi connectivity index (χ2n) is 6.70. The fraction of sp³-hybridized carbons (Fsp3) is 0.933. The van der Waals surface area contributed by atoms with E-state index in [-0.39, 0.29) is 30.3 Å². The second kappa shape index (κ2) is 6.10. The molecule has 0 radical (unpaired) electrons. The first-order valence-corrected chi connectivity index (χ1v) is 8.18. The van der Waals surface area contributed by atoms with Crippen LogP contribution in [0.15, 0.2) is 0 Å². The Labute approximate surface area is 126 Å². The largest absolute Gasteiger partial charge is 0.448 e. The lowest BCUT2D eigenvalue weighted by Gasteiger charge is -2.35. The number of aliphatic hydroxyl groups excluding tert-OH is 1. The number of nitrogens with one attached hydrogen (secondary N) is 1. The molecule has 3 fully saturated rings. The third kappa shape index (κ3) is 2.76. The molecule has 0 aromatic heterocycles. The van der Waals surface area contributed by atoms with Gasteiger partial charge in [0, 0.05) is 37.3 Å². The number of ether oxygens (including phenoxy) is 1. The molecule has 1 amide bonds. The van der Waals surface area contributed by atoms with Gasteiger partial charge in [0.25, 0.3) is 0 Å². The number of amides is 1. The van der Waals surface area contributed by atoms with Gasteiger partial charge < -0.3 is 20.1 Å². The third-order valence-corrected chi connectivity index (χ3v) is 5.46. The molecule has 21 heavy (non-hydrogen) atoms. The van der Waals surface area contributed by atoms with Gasteiger partial charge in [0.15, 0.2) is 0 Å². The summed E-state index contributed by atoms with van der Waals surface area (Å²) in [5, 5.41) is 13.0. The summed E-state index contributed by atoms with van der Waals surface area (Å²) in [7, 11) is 0. The molecule has 120 valence electrons. The van der Waals surface area contributed by atoms with Crippen molar-refractivity contribution in [2.75, 3.05) is 39.4 Å². The summed E-state index contributed by atoms with van der Waals surface area (Å²) >= 11 is 0. The maximum Gasteiger partial charge on any atom is 0.410 e. The van der Waals surface area contributed by atoms with E-state index in [0.717, 1.165) is 51.9 Å². The van der Waals surface area contributed by atoms with Gasteiger partial charge in [0.1, 0.15) is 6.61 Å². The molecule has 3 aliphatic heterocycles. The molecule has 3 unspecified atom stereocenters. The van der Waals surface area contributed by atoms with E-state index in [0.29, 0.717) is 6.61 Å². The van der Waals surface area contributed by atoms with Crippen LogP contribution in [0.1, 0.15) is 32.6 Å². The van der Waals surface area contributed by atoms with Crippen LogP contribution in [0, 0.1) is 0 Å². The molecule has 0 saturated carbocycles. The quantitative estimate of drug-likeness (QED) is 0.790. The Bertz CT molecular complexity index is 392. The summed E-state index contributed by atoms with van der Waals surface area (Å²) in [4.78, 5) is 16.4. The van der Waals surface area contributed by atoms with E-state index in [4.69, 9.17) is 4.74 Å². The number of hydrogen-bond acceptors (Lipinski definition) is 5. The predicted molar refractivity (Wildman–Crippen MR) is 79.2 cm³/mol. The van der Waals surface area contributed by atoms with Crippen molar-refractivity contribution >= 4 is 6.09 Å². The molecule has 0 aromatic rings. The summed E-state index contributed by atoms with van der Waals surface area (Å²) in [6.07, 6.45) is 4.06. The van der Waals surface area contributed by atoms with Crippen molar-refractivity contribution in [1.82, 2.24) is 15.1 Å². The van der Waals surface area contributed by atoms with Gasteiger partial charge in [-0.05, 0) is 39.2 Å². The van der Waals surface area contributed by atoms with Crippen molar-refractivity contribution in [2.45, 2.75) is 50.2 Å². The van der Waals surface area contributed by atoms with Crippen molar-refractivity contribution in [1.29, 1.82) is 0 Å². The zero-order valence-electron chi connectivity index (χ0n) is 12.9. The SMILES string of the molecule is CC1CNCCN1C(=O)OCC1CCC2(CO)CCCN12. The first-order valence-electron chi connectivity index (χ1n) is 8.18. The molecule has 3 saturated heterocycles. The van der Waals surface area contributed by atoms with E-state index < -0.39 is 0 Å². The highest BCUT2D eigenvalue weighted by Crippen LogP contribution is 2.42. The molecule has 2 N–H and O–H groups in total. The number of carbonyl (C=O) groups excluding carboxylic acids is 1. The molecule has 0 aromatic carbocycles. The van der Waals surface area contributed by atoms with Gasteiger partial charge >= 0.3 is 6.09 Å². The summed E-state index contributed by atoms with van der Waals surface area (Å²) in [6, 6.07) is 0.472. The summed E-state index contributed by atoms with van der Waals surface area (Å²) in [5.41, 5.74) is -0.0284. The second-order valence-corrected chi connectivity index (χ2v) is 6.70. The fourth-order valence-electron chi connectivity index (χ4n) is 4.17. The minimum atomic E-state index is -0.190. The van der Waals surface area contributed by atoms with Crippen LogP contribution in [-0.2, 0) is 4.74 Å². The van der Waals surface area contributed by atoms with Gasteiger partial charge in [-0.3, -0.25) is 4.90 Å². The molecular formula is C15H27N3O3. The van der Waals surface area contributed by atoms with Gasteiger partial charge in [-0.25, -0.2) is 4.79 Å². The van der Waals surface area contributed by atoms with Gasteiger partial charge in [-0.15, -0.1) is 0 Å². The van der Waals surface area contributed by atoms with Crippen molar-refractivity contribution in [3.8, 4) is 0 Å². The van der Waals surface area contributed by atoms with Gasteiger partial charge in [0.2, 0.25) is 0 Å². The van der Waals surface area contributed by atoms with E-state index in [1.54, 1.807) is 0 Å². The summed E-state index contributed by atoms with van der Waals surface area (Å²) in [6.45, 7) is 6.13. The minimum absolute atomic E-state index is 0.0284. The highest BCUT2D eigenvalue weighted by atomic mass is 16.6. The Balaban J connectivity index is 1.52. The number of piperazine rings is 1. The van der Waals surface area contributed by atoms with Crippen molar-refractivity contribution < 1.29 is 14.6 Å². The van der Waals surface area contributed by atoms with Gasteiger partial charge in [-0.1, -0.05) is 0 Å². The average Bonchev–Trinajstić information content (AvgIpc) is 3.05. The Morgan fingerprint density at radius 3 is 3.05 bits per heavy atom. The van der Waals surface area contributed by atoms with Crippen LogP contribution in [0.3, 0.4) is 0 Å². The lowest BCUT2D eigenvalue weighted by molar-refractivity contribution is 0.0346. The van der Waals surface area contributed by atoms with Crippen molar-refractivity contribution in [3.05, 3.63) is 0 Å². The molecule has 0 aliphatic carbocycles. The highest BCUT2D eigenvalue weighted by molar-refractivity contribution is 5.68. The van der Waals surface area contributed by atoms with Crippen LogP contribution in [-0.4, -0.2) is 78.0 Å². The monoisotopic (exact) mass is 297 g/mol. The van der Waals surface area contributed by atoms with Gasteiger partial charge in [-0.2, -0.15) is 0 Å². The molecule has 3 heterocycles. The maximum absolute atomic E-state index is 12.2. The first kappa shape index (κ1) is 15.1. The van der Waals surface area contributed by atoms with E-state index in [2.05, 4.69) is 10.2 Å². The normalized spacial score (nSPS) is 36.8. The van der Waals surface area contributed by atoms with Crippen LogP contribution in [0.2, 0.25) is 0 Å². The van der Waals surface area contributed by atoms with Crippen LogP contribution in [0.25, 0.3) is 0 Å². The number of carbonyl (C=O) groups is 1. The molecular weight excluding hydrogens is 270 g/mol. The van der Waals surface area contributed by atoms with Gasteiger partial charge in [0.05, 0.1) is 6.61 Å². The minimum Gasteiger partial charge on any atom is -0.448 e. The lowest BCUT2D eigenvalue weighted by Crippen LogP contribution is -2.53. The summed E-state index contributed by atoms with van der Waals surface area (Å²) < 4.78 is 5.57. The number of aliphatic hydroxyl groups is 1. The molecule has 0 spiro atoms. The predicted octanol–water partition coefficient (Wildman–Crippen LogP) is 0.406. The zero-order valence-corrected chi connectivity index (χ0v) is 12.9. The third-order valence-electron chi connectivity index (χ3n) is 5.46. The van der Waals surface area contributed by atoms with E-state index in [1.165, 1.54) is 0 Å². The Morgan fingerprint density at radius 1 is 1.43 bits per heavy atom. The zero-order chi connectivity index (χ0) is 14.9. The van der Waals surface area contributed by atoms with Crippen LogP contribution in [0.4, 0.5) is 4.79 Å². The Morgan fingerprint density at radius 2 is 2.29 bits per heavy atom. The molecule has 6 nitrogen and oxygen atoms in total. The summed E-state index contributed by atoms with van der Waals surface area (Å²) in [5.74, 6) is 0. The highest BCUT2D eigenvalue weighted by Gasteiger charge is 2.49. The molecule has 6 heteroatoms.